The predicted octanol–water partition coefficient (Wildman–Crippen LogP) is 2.94. The number of amides is 1. The van der Waals surface area contributed by atoms with Crippen LogP contribution >= 0.6 is 0 Å². The van der Waals surface area contributed by atoms with Gasteiger partial charge in [0.25, 0.3) is 0 Å². The number of aromatic amines is 1. The number of aromatic nitrogens is 2. The molecule has 3 aromatic rings. The fourth-order valence-electron chi connectivity index (χ4n) is 3.18. The molecular formula is C20H14N4O2. The van der Waals surface area contributed by atoms with Crippen LogP contribution in [0.1, 0.15) is 21.6 Å². The van der Waals surface area contributed by atoms with Gasteiger partial charge in [0.05, 0.1) is 11.8 Å². The zero-order valence-corrected chi connectivity index (χ0v) is 13.7. The molecule has 0 saturated carbocycles. The lowest BCUT2D eigenvalue weighted by Crippen LogP contribution is -2.29. The van der Waals surface area contributed by atoms with Gasteiger partial charge in [-0.15, -0.1) is 0 Å². The average Bonchev–Trinajstić information content (AvgIpc) is 3.22. The molecule has 2 aromatic carbocycles. The second-order valence-corrected chi connectivity index (χ2v) is 6.04. The second-order valence-electron chi connectivity index (χ2n) is 6.04. The van der Waals surface area contributed by atoms with E-state index >= 15 is 0 Å². The number of H-pyrrole nitrogens is 1. The molecule has 4 rings (SSSR count). The van der Waals surface area contributed by atoms with E-state index in [2.05, 4.69) is 15.5 Å². The van der Waals surface area contributed by atoms with Gasteiger partial charge in [-0.2, -0.15) is 10.4 Å². The highest BCUT2D eigenvalue weighted by Gasteiger charge is 2.34. The van der Waals surface area contributed by atoms with Gasteiger partial charge in [0.1, 0.15) is 5.69 Å². The Balaban J connectivity index is 1.61. The summed E-state index contributed by atoms with van der Waals surface area (Å²) >= 11 is 0. The Morgan fingerprint density at radius 2 is 1.85 bits per heavy atom. The Labute approximate surface area is 149 Å². The zero-order valence-electron chi connectivity index (χ0n) is 13.7. The Morgan fingerprint density at radius 1 is 1.12 bits per heavy atom. The summed E-state index contributed by atoms with van der Waals surface area (Å²) in [5, 5.41) is 19.0. The molecule has 0 aliphatic heterocycles. The van der Waals surface area contributed by atoms with E-state index in [9.17, 15) is 14.9 Å². The maximum atomic E-state index is 12.8. The summed E-state index contributed by atoms with van der Waals surface area (Å²) in [6.07, 6.45) is 0.557. The van der Waals surface area contributed by atoms with E-state index < -0.39 is 17.6 Å². The summed E-state index contributed by atoms with van der Waals surface area (Å²) in [7, 11) is 0. The van der Waals surface area contributed by atoms with E-state index in [4.69, 9.17) is 0 Å². The van der Waals surface area contributed by atoms with Crippen molar-refractivity contribution >= 4 is 17.4 Å². The molecule has 1 heterocycles. The van der Waals surface area contributed by atoms with Crippen LogP contribution in [0.5, 0.6) is 0 Å². The van der Waals surface area contributed by atoms with Gasteiger partial charge in [0, 0.05) is 23.2 Å². The van der Waals surface area contributed by atoms with Crippen molar-refractivity contribution in [1.29, 1.82) is 5.26 Å². The Bertz CT molecular complexity index is 1050. The first-order chi connectivity index (χ1) is 12.7. The maximum Gasteiger partial charge on any atom is 0.249 e. The van der Waals surface area contributed by atoms with Crippen molar-refractivity contribution in [3.05, 3.63) is 71.4 Å². The predicted molar refractivity (Wildman–Crippen MR) is 95.3 cm³/mol. The van der Waals surface area contributed by atoms with Gasteiger partial charge < -0.3 is 5.32 Å². The van der Waals surface area contributed by atoms with Gasteiger partial charge in [0.15, 0.2) is 5.92 Å². The van der Waals surface area contributed by atoms with E-state index in [1.807, 2.05) is 36.4 Å². The molecule has 0 bridgehead atoms. The number of benzene rings is 2. The minimum Gasteiger partial charge on any atom is -0.325 e. The zero-order chi connectivity index (χ0) is 18.1. The number of anilines is 1. The summed E-state index contributed by atoms with van der Waals surface area (Å²) in [6.45, 7) is 0. The summed E-state index contributed by atoms with van der Waals surface area (Å²) in [6, 6.07) is 18.3. The molecule has 26 heavy (non-hydrogen) atoms. The minimum atomic E-state index is -1.45. The number of hydrogen-bond acceptors (Lipinski definition) is 4. The monoisotopic (exact) mass is 342 g/mol. The molecular weight excluding hydrogens is 328 g/mol. The van der Waals surface area contributed by atoms with Crippen molar-refractivity contribution in [2.75, 3.05) is 5.32 Å². The van der Waals surface area contributed by atoms with Crippen molar-refractivity contribution < 1.29 is 9.59 Å². The number of Topliss-reactive ketones (excluding diaryl/α,β-unsaturated/α-hetero) is 1. The molecule has 0 radical (unpaired) electrons. The minimum absolute atomic E-state index is 0.158. The first-order valence-electron chi connectivity index (χ1n) is 8.14. The number of nitriles is 1. The summed E-state index contributed by atoms with van der Waals surface area (Å²) in [5.41, 5.74) is 4.30. The molecule has 0 spiro atoms. The highest BCUT2D eigenvalue weighted by atomic mass is 16.2. The van der Waals surface area contributed by atoms with Crippen molar-refractivity contribution in [3.8, 4) is 17.3 Å². The van der Waals surface area contributed by atoms with Gasteiger partial charge in [-0.25, -0.2) is 0 Å². The number of rotatable bonds is 4. The third-order valence-electron chi connectivity index (χ3n) is 4.45. The van der Waals surface area contributed by atoms with Crippen LogP contribution in [0.25, 0.3) is 11.3 Å². The van der Waals surface area contributed by atoms with Crippen LogP contribution in [0.3, 0.4) is 0 Å². The van der Waals surface area contributed by atoms with Crippen LogP contribution in [0.15, 0.2) is 54.6 Å². The lowest BCUT2D eigenvalue weighted by atomic mass is 9.98. The molecule has 0 fully saturated rings. The van der Waals surface area contributed by atoms with Gasteiger partial charge in [-0.3, -0.25) is 14.7 Å². The maximum absolute atomic E-state index is 12.8. The third kappa shape index (κ3) is 2.56. The Kier molecular flexibility index (Phi) is 3.82. The number of ketones is 1. The van der Waals surface area contributed by atoms with Gasteiger partial charge in [-0.1, -0.05) is 42.5 Å². The lowest BCUT2D eigenvalue weighted by molar-refractivity contribution is -0.117. The molecule has 126 valence electrons. The van der Waals surface area contributed by atoms with E-state index in [0.717, 1.165) is 22.4 Å². The molecule has 6 heteroatoms. The van der Waals surface area contributed by atoms with E-state index in [-0.39, 0.29) is 5.69 Å². The number of fused-ring (bicyclic) bond motifs is 3. The Morgan fingerprint density at radius 3 is 2.62 bits per heavy atom. The van der Waals surface area contributed by atoms with Crippen molar-refractivity contribution in [1.82, 2.24) is 10.2 Å². The average molecular weight is 342 g/mol. The lowest BCUT2D eigenvalue weighted by Gasteiger charge is -2.09. The van der Waals surface area contributed by atoms with Gasteiger partial charge >= 0.3 is 0 Å². The highest BCUT2D eigenvalue weighted by molar-refractivity contribution is 6.16. The van der Waals surface area contributed by atoms with Crippen molar-refractivity contribution in [3.63, 3.8) is 0 Å². The van der Waals surface area contributed by atoms with Crippen LogP contribution in [-0.4, -0.2) is 21.9 Å². The number of carbonyl (C=O) groups excluding carboxylic acids is 2. The van der Waals surface area contributed by atoms with E-state index in [1.54, 1.807) is 24.3 Å². The van der Waals surface area contributed by atoms with Crippen molar-refractivity contribution in [2.45, 2.75) is 6.42 Å². The normalized spacial score (nSPS) is 12.6. The standard InChI is InChI=1S/C20H14N4O2/c21-11-16(20(26)22-13-7-2-1-3-8-13)19(25)18-15-10-12-6-4-5-9-14(12)17(15)23-24-18/h1-9,16H,10H2,(H,22,26)(H,23,24). The molecule has 6 nitrogen and oxygen atoms in total. The molecule has 2 N–H and O–H groups in total. The fraction of sp³-hybridized carbons (Fsp3) is 0.100. The summed E-state index contributed by atoms with van der Waals surface area (Å²) < 4.78 is 0. The quantitative estimate of drug-likeness (QED) is 0.440. The molecule has 1 unspecified atom stereocenters. The number of nitrogens with one attached hydrogen (secondary N) is 2. The molecule has 1 amide bonds. The topological polar surface area (TPSA) is 98.6 Å². The van der Waals surface area contributed by atoms with Crippen LogP contribution in [-0.2, 0) is 11.2 Å². The fourth-order valence-corrected chi connectivity index (χ4v) is 3.18. The van der Waals surface area contributed by atoms with Gasteiger partial charge in [-0.05, 0) is 17.7 Å². The van der Waals surface area contributed by atoms with Crippen LogP contribution in [0.2, 0.25) is 0 Å². The van der Waals surface area contributed by atoms with Crippen LogP contribution in [0, 0.1) is 17.2 Å². The molecule has 1 aliphatic carbocycles. The SMILES string of the molecule is N#CC(C(=O)Nc1ccccc1)C(=O)c1n[nH]c2c1Cc1ccccc1-2. The largest absolute Gasteiger partial charge is 0.325 e. The van der Waals surface area contributed by atoms with Crippen LogP contribution in [0.4, 0.5) is 5.69 Å². The molecule has 0 saturated heterocycles. The first kappa shape index (κ1) is 15.8. The summed E-state index contributed by atoms with van der Waals surface area (Å²) in [5.74, 6) is -2.70. The van der Waals surface area contributed by atoms with Gasteiger partial charge in [0.2, 0.25) is 11.7 Å². The highest BCUT2D eigenvalue weighted by Crippen LogP contribution is 2.37. The summed E-state index contributed by atoms with van der Waals surface area (Å²) in [4.78, 5) is 25.2. The number of hydrogen-bond donors (Lipinski definition) is 2. The number of para-hydroxylation sites is 1. The van der Waals surface area contributed by atoms with Crippen molar-refractivity contribution in [2.24, 2.45) is 5.92 Å². The second kappa shape index (κ2) is 6.30. The smallest absolute Gasteiger partial charge is 0.249 e. The molecule has 1 atom stereocenters. The third-order valence-corrected chi connectivity index (χ3v) is 4.45. The first-order valence-corrected chi connectivity index (χ1v) is 8.14. The molecule has 1 aromatic heterocycles. The number of nitrogens with zero attached hydrogens (tertiary/aromatic N) is 2. The van der Waals surface area contributed by atoms with Crippen LogP contribution < -0.4 is 5.32 Å². The number of carbonyl (C=O) groups is 2. The molecule has 1 aliphatic rings. The Hall–Kier alpha value is -3.72. The van der Waals surface area contributed by atoms with E-state index in [0.29, 0.717) is 12.1 Å². The van der Waals surface area contributed by atoms with E-state index in [1.165, 1.54) is 0 Å².